The molecule has 1 heterocycles. The molecule has 8 heteroatoms. The summed E-state index contributed by atoms with van der Waals surface area (Å²) in [6.45, 7) is 9.19. The minimum atomic E-state index is -2.96. The van der Waals surface area contributed by atoms with Crippen LogP contribution in [-0.4, -0.2) is 82.3 Å². The van der Waals surface area contributed by atoms with Crippen LogP contribution in [0.25, 0.3) is 0 Å². The van der Waals surface area contributed by atoms with Crippen LogP contribution in [0.5, 0.6) is 0 Å². The molecule has 7 nitrogen and oxygen atoms in total. The lowest BCUT2D eigenvalue weighted by atomic mass is 9.80. The number of nitrogens with one attached hydrogen (secondary N) is 2. The third-order valence-electron chi connectivity index (χ3n) is 5.49. The molecule has 1 saturated carbocycles. The SMILES string of the molecule is CCNC(=NCC1(N2CCOCC2)CCCCC1)NCCS(=O)(=O)CC. The Morgan fingerprint density at radius 3 is 2.42 bits per heavy atom. The molecule has 0 aromatic rings. The number of aliphatic imine (C=N–C) groups is 1. The van der Waals surface area contributed by atoms with E-state index in [4.69, 9.17) is 9.73 Å². The predicted octanol–water partition coefficient (Wildman–Crippen LogP) is 1.01. The summed E-state index contributed by atoms with van der Waals surface area (Å²) in [6, 6.07) is 0. The lowest BCUT2D eigenvalue weighted by Crippen LogP contribution is -2.56. The monoisotopic (exact) mass is 388 g/mol. The van der Waals surface area contributed by atoms with Crippen LogP contribution in [-0.2, 0) is 14.6 Å². The summed E-state index contributed by atoms with van der Waals surface area (Å²) < 4.78 is 28.9. The second-order valence-corrected chi connectivity index (χ2v) is 9.72. The molecule has 1 aliphatic heterocycles. The highest BCUT2D eigenvalue weighted by Crippen LogP contribution is 2.34. The first-order valence-corrected chi connectivity index (χ1v) is 11.9. The Kier molecular flexibility index (Phi) is 8.63. The zero-order valence-electron chi connectivity index (χ0n) is 16.4. The van der Waals surface area contributed by atoms with Crippen molar-refractivity contribution >= 4 is 15.8 Å². The van der Waals surface area contributed by atoms with Gasteiger partial charge in [0.1, 0.15) is 0 Å². The smallest absolute Gasteiger partial charge is 0.191 e. The number of morpholine rings is 1. The van der Waals surface area contributed by atoms with Gasteiger partial charge in [0, 0.05) is 37.5 Å². The predicted molar refractivity (Wildman–Crippen MR) is 107 cm³/mol. The van der Waals surface area contributed by atoms with Crippen molar-refractivity contribution in [3.05, 3.63) is 0 Å². The Morgan fingerprint density at radius 2 is 1.81 bits per heavy atom. The number of hydrogen-bond acceptors (Lipinski definition) is 5. The van der Waals surface area contributed by atoms with Crippen LogP contribution in [0.1, 0.15) is 46.0 Å². The van der Waals surface area contributed by atoms with Crippen molar-refractivity contribution in [2.75, 3.05) is 57.4 Å². The van der Waals surface area contributed by atoms with E-state index in [0.717, 1.165) is 45.4 Å². The molecular formula is C18H36N4O3S. The van der Waals surface area contributed by atoms with Crippen LogP contribution in [0, 0.1) is 0 Å². The van der Waals surface area contributed by atoms with Gasteiger partial charge in [-0.1, -0.05) is 26.2 Å². The first-order chi connectivity index (χ1) is 12.5. The highest BCUT2D eigenvalue weighted by Gasteiger charge is 2.38. The maximum Gasteiger partial charge on any atom is 0.191 e. The van der Waals surface area contributed by atoms with E-state index in [1.807, 2.05) is 6.92 Å². The number of sulfone groups is 1. The molecule has 2 N–H and O–H groups in total. The molecule has 1 aliphatic carbocycles. The minimum absolute atomic E-state index is 0.125. The number of guanidine groups is 1. The molecule has 1 saturated heterocycles. The fourth-order valence-electron chi connectivity index (χ4n) is 3.86. The summed E-state index contributed by atoms with van der Waals surface area (Å²) in [4.78, 5) is 7.42. The third-order valence-corrected chi connectivity index (χ3v) is 7.19. The van der Waals surface area contributed by atoms with Crippen molar-refractivity contribution in [3.63, 3.8) is 0 Å². The highest BCUT2D eigenvalue weighted by molar-refractivity contribution is 7.91. The molecule has 152 valence electrons. The van der Waals surface area contributed by atoms with Crippen molar-refractivity contribution in [2.45, 2.75) is 51.5 Å². The van der Waals surface area contributed by atoms with E-state index in [2.05, 4.69) is 15.5 Å². The minimum Gasteiger partial charge on any atom is -0.379 e. The Balaban J connectivity index is 2.01. The van der Waals surface area contributed by atoms with Gasteiger partial charge in [0.2, 0.25) is 0 Å². The van der Waals surface area contributed by atoms with Gasteiger partial charge < -0.3 is 15.4 Å². The van der Waals surface area contributed by atoms with E-state index in [9.17, 15) is 8.42 Å². The average Bonchev–Trinajstić information content (AvgIpc) is 2.67. The van der Waals surface area contributed by atoms with Gasteiger partial charge in [-0.25, -0.2) is 8.42 Å². The molecule has 0 radical (unpaired) electrons. The molecule has 26 heavy (non-hydrogen) atoms. The third kappa shape index (κ3) is 6.39. The van der Waals surface area contributed by atoms with Crippen LogP contribution in [0.4, 0.5) is 0 Å². The summed E-state index contributed by atoms with van der Waals surface area (Å²) in [5.41, 5.74) is 0.125. The maximum atomic E-state index is 11.7. The topological polar surface area (TPSA) is 83.0 Å². The van der Waals surface area contributed by atoms with E-state index < -0.39 is 9.84 Å². The molecular weight excluding hydrogens is 352 g/mol. The summed E-state index contributed by atoms with van der Waals surface area (Å²) in [7, 11) is -2.96. The van der Waals surface area contributed by atoms with Crippen molar-refractivity contribution in [1.29, 1.82) is 0 Å². The quantitative estimate of drug-likeness (QED) is 0.477. The average molecular weight is 389 g/mol. The van der Waals surface area contributed by atoms with Crippen molar-refractivity contribution in [3.8, 4) is 0 Å². The van der Waals surface area contributed by atoms with Crippen LogP contribution >= 0.6 is 0 Å². The first kappa shape index (κ1) is 21.4. The first-order valence-electron chi connectivity index (χ1n) is 10.1. The second kappa shape index (κ2) is 10.5. The Bertz CT molecular complexity index is 539. The fraction of sp³-hybridized carbons (Fsp3) is 0.944. The summed E-state index contributed by atoms with van der Waals surface area (Å²) >= 11 is 0. The van der Waals surface area contributed by atoms with Crippen LogP contribution in [0.15, 0.2) is 4.99 Å². The van der Waals surface area contributed by atoms with Gasteiger partial charge in [0.05, 0.1) is 25.5 Å². The summed E-state index contributed by atoms with van der Waals surface area (Å²) in [5.74, 6) is 1.04. The van der Waals surface area contributed by atoms with Gasteiger partial charge in [-0.3, -0.25) is 9.89 Å². The number of rotatable bonds is 8. The highest BCUT2D eigenvalue weighted by atomic mass is 32.2. The molecule has 0 aromatic heterocycles. The molecule has 2 rings (SSSR count). The van der Waals surface area contributed by atoms with Gasteiger partial charge in [0.15, 0.2) is 15.8 Å². The largest absolute Gasteiger partial charge is 0.379 e. The van der Waals surface area contributed by atoms with Gasteiger partial charge in [-0.05, 0) is 19.8 Å². The van der Waals surface area contributed by atoms with E-state index >= 15 is 0 Å². The van der Waals surface area contributed by atoms with E-state index in [-0.39, 0.29) is 17.0 Å². The van der Waals surface area contributed by atoms with Gasteiger partial charge in [-0.2, -0.15) is 0 Å². The van der Waals surface area contributed by atoms with E-state index in [1.54, 1.807) is 6.92 Å². The van der Waals surface area contributed by atoms with E-state index in [1.165, 1.54) is 32.1 Å². The molecule has 0 unspecified atom stereocenters. The zero-order chi connectivity index (χ0) is 18.9. The normalized spacial score (nSPS) is 22.2. The number of nitrogens with zero attached hydrogens (tertiary/aromatic N) is 2. The van der Waals surface area contributed by atoms with Gasteiger partial charge >= 0.3 is 0 Å². The van der Waals surface area contributed by atoms with Crippen LogP contribution in [0.3, 0.4) is 0 Å². The number of ether oxygens (including phenoxy) is 1. The second-order valence-electron chi connectivity index (χ2n) is 7.24. The maximum absolute atomic E-state index is 11.7. The Labute approximate surface area is 158 Å². The molecule has 0 bridgehead atoms. The fourth-order valence-corrected chi connectivity index (χ4v) is 4.56. The Morgan fingerprint density at radius 1 is 1.12 bits per heavy atom. The van der Waals surface area contributed by atoms with Crippen molar-refractivity contribution in [1.82, 2.24) is 15.5 Å². The Hall–Kier alpha value is -0.860. The van der Waals surface area contributed by atoms with Gasteiger partial charge in [-0.15, -0.1) is 0 Å². The van der Waals surface area contributed by atoms with Crippen molar-refractivity contribution < 1.29 is 13.2 Å². The lowest BCUT2D eigenvalue weighted by Gasteiger charge is -2.47. The number of hydrogen-bond donors (Lipinski definition) is 2. The molecule has 0 atom stereocenters. The van der Waals surface area contributed by atoms with Crippen LogP contribution < -0.4 is 10.6 Å². The molecule has 0 amide bonds. The lowest BCUT2D eigenvalue weighted by molar-refractivity contribution is -0.0333. The standard InChI is InChI=1S/C18H36N4O3S/c1-3-19-17(20-10-15-26(23,24)4-2)21-16-18(8-6-5-7-9-18)22-11-13-25-14-12-22/h3-16H2,1-2H3,(H2,19,20,21). The summed E-state index contributed by atoms with van der Waals surface area (Å²) in [5, 5.41) is 6.43. The summed E-state index contributed by atoms with van der Waals surface area (Å²) in [6.07, 6.45) is 6.18. The van der Waals surface area contributed by atoms with Crippen molar-refractivity contribution in [2.24, 2.45) is 4.99 Å². The zero-order valence-corrected chi connectivity index (χ0v) is 17.2. The van der Waals surface area contributed by atoms with E-state index in [0.29, 0.717) is 6.54 Å². The molecule has 2 aliphatic rings. The van der Waals surface area contributed by atoms with Crippen LogP contribution in [0.2, 0.25) is 0 Å². The molecule has 0 spiro atoms. The molecule has 2 fully saturated rings. The molecule has 0 aromatic carbocycles. The van der Waals surface area contributed by atoms with Gasteiger partial charge in [0.25, 0.3) is 0 Å².